The Morgan fingerprint density at radius 1 is 1.00 bits per heavy atom. The van der Waals surface area contributed by atoms with Crippen LogP contribution in [0.25, 0.3) is 11.3 Å². The number of benzene rings is 3. The van der Waals surface area contributed by atoms with Gasteiger partial charge in [0.1, 0.15) is 10.0 Å². The molecule has 3 heterocycles. The zero-order chi connectivity index (χ0) is 29.8. The molecule has 1 saturated heterocycles. The number of nitrogens with zero attached hydrogens (tertiary/aromatic N) is 3. The molecule has 2 aromatic heterocycles. The maximum absolute atomic E-state index is 13.8. The summed E-state index contributed by atoms with van der Waals surface area (Å²) in [6, 6.07) is 26.6. The van der Waals surface area contributed by atoms with Gasteiger partial charge in [-0.3, -0.25) is 4.79 Å². The Morgan fingerprint density at radius 2 is 1.81 bits per heavy atom. The quantitative estimate of drug-likeness (QED) is 0.196. The summed E-state index contributed by atoms with van der Waals surface area (Å²) in [4.78, 5) is 17.6. The van der Waals surface area contributed by atoms with Gasteiger partial charge in [0.05, 0.1) is 30.8 Å². The summed E-state index contributed by atoms with van der Waals surface area (Å²) in [7, 11) is -3.73. The minimum absolute atomic E-state index is 0.199. The summed E-state index contributed by atoms with van der Waals surface area (Å²) in [5.41, 5.74) is 4.45. The molecule has 5 aromatic rings. The normalized spacial score (nSPS) is 15.5. The summed E-state index contributed by atoms with van der Waals surface area (Å²) >= 11 is 1.19. The van der Waals surface area contributed by atoms with E-state index in [4.69, 9.17) is 0 Å². The number of carbonyl (C=O) groups is 1. The molecule has 43 heavy (non-hydrogen) atoms. The molecule has 1 N–H and O–H groups in total. The average Bonchev–Trinajstić information content (AvgIpc) is 3.82. The van der Waals surface area contributed by atoms with Crippen molar-refractivity contribution in [3.05, 3.63) is 131 Å². The molecule has 7 nitrogen and oxygen atoms in total. The van der Waals surface area contributed by atoms with Crippen LogP contribution < -0.4 is 5.32 Å². The molecule has 0 aliphatic carbocycles. The summed E-state index contributed by atoms with van der Waals surface area (Å²) in [6.45, 7) is 1.39. The number of hydrogen-bond acceptors (Lipinski definition) is 5. The van der Waals surface area contributed by atoms with Crippen molar-refractivity contribution in [2.45, 2.75) is 42.6 Å². The number of rotatable bonds is 10. The molecule has 3 aromatic carbocycles. The first-order valence-corrected chi connectivity index (χ1v) is 16.4. The Balaban J connectivity index is 1.16. The molecule has 6 rings (SSSR count). The summed E-state index contributed by atoms with van der Waals surface area (Å²) in [6.07, 6.45) is 5.84. The van der Waals surface area contributed by atoms with Gasteiger partial charge < -0.3 is 9.88 Å². The number of hydrogen-bond donors (Lipinski definition) is 1. The monoisotopic (exact) mass is 614 g/mol. The van der Waals surface area contributed by atoms with Crippen LogP contribution in [0, 0.1) is 5.82 Å². The number of amides is 1. The molecule has 1 fully saturated rings. The Morgan fingerprint density at radius 3 is 2.63 bits per heavy atom. The van der Waals surface area contributed by atoms with Crippen LogP contribution in [0.15, 0.2) is 108 Å². The van der Waals surface area contributed by atoms with Gasteiger partial charge in [0.15, 0.2) is 0 Å². The number of imidazole rings is 1. The van der Waals surface area contributed by atoms with Gasteiger partial charge in [-0.1, -0.05) is 48.5 Å². The zero-order valence-electron chi connectivity index (χ0n) is 23.4. The van der Waals surface area contributed by atoms with E-state index in [9.17, 15) is 17.6 Å². The number of sulfonamides is 1. The first-order valence-electron chi connectivity index (χ1n) is 14.2. The fourth-order valence-electron chi connectivity index (χ4n) is 5.47. The molecule has 220 valence electrons. The van der Waals surface area contributed by atoms with Crippen molar-refractivity contribution in [3.8, 4) is 11.3 Å². The number of carbonyl (C=O) groups excluding carboxylic acids is 1. The Bertz CT molecular complexity index is 1820. The van der Waals surface area contributed by atoms with E-state index in [1.165, 1.54) is 23.5 Å². The van der Waals surface area contributed by atoms with Crippen molar-refractivity contribution in [2.24, 2.45) is 0 Å². The first-order chi connectivity index (χ1) is 20.9. The van der Waals surface area contributed by atoms with Gasteiger partial charge in [0, 0.05) is 29.1 Å². The highest BCUT2D eigenvalue weighted by molar-refractivity contribution is 7.91. The fourth-order valence-corrected chi connectivity index (χ4v) is 8.58. The standard InChI is InChI=1S/C33H31FN4O3S2/c34-28-13-11-24(12-14-28)17-19-37-23-35-22-31(37)27-9-4-8-26(20-27)30-10-5-18-38(30)43(40,41)32-16-15-29(42-32)21-36-33(39)25-6-2-1-3-7-25/h1-4,6-9,11-16,20,22-23,30H,5,10,17-19,21H2,(H,36,39)/t30-/m0/s1. The lowest BCUT2D eigenvalue weighted by Gasteiger charge is -2.24. The number of thiophene rings is 1. The van der Waals surface area contributed by atoms with E-state index in [-0.39, 0.29) is 28.5 Å². The second-order valence-electron chi connectivity index (χ2n) is 10.5. The molecular formula is C33H31FN4O3S2. The number of aromatic nitrogens is 2. The van der Waals surface area contributed by atoms with Crippen LogP contribution in [-0.2, 0) is 29.5 Å². The zero-order valence-corrected chi connectivity index (χ0v) is 25.0. The van der Waals surface area contributed by atoms with Crippen molar-refractivity contribution in [1.82, 2.24) is 19.2 Å². The molecule has 0 radical (unpaired) electrons. The molecular weight excluding hydrogens is 584 g/mol. The van der Waals surface area contributed by atoms with Crippen molar-refractivity contribution in [3.63, 3.8) is 0 Å². The highest BCUT2D eigenvalue weighted by atomic mass is 32.2. The van der Waals surface area contributed by atoms with Crippen LogP contribution in [-0.4, -0.2) is 34.7 Å². The topological polar surface area (TPSA) is 84.3 Å². The Kier molecular flexibility index (Phi) is 8.51. The minimum Gasteiger partial charge on any atom is -0.347 e. The van der Waals surface area contributed by atoms with Gasteiger partial charge >= 0.3 is 0 Å². The molecule has 1 atom stereocenters. The highest BCUT2D eigenvalue weighted by Crippen LogP contribution is 2.39. The second kappa shape index (κ2) is 12.6. The van der Waals surface area contributed by atoms with Crippen molar-refractivity contribution >= 4 is 27.3 Å². The lowest BCUT2D eigenvalue weighted by atomic mass is 10.0. The first kappa shape index (κ1) is 29.0. The second-order valence-corrected chi connectivity index (χ2v) is 13.8. The number of halogens is 1. The van der Waals surface area contributed by atoms with Gasteiger partial charge in [-0.15, -0.1) is 11.3 Å². The van der Waals surface area contributed by atoms with Gasteiger partial charge in [-0.05, 0) is 72.9 Å². The van der Waals surface area contributed by atoms with Crippen LogP contribution in [0.3, 0.4) is 0 Å². The summed E-state index contributed by atoms with van der Waals surface area (Å²) in [5.74, 6) is -0.451. The number of aryl methyl sites for hydroxylation is 2. The smallest absolute Gasteiger partial charge is 0.253 e. The third kappa shape index (κ3) is 6.46. The molecule has 1 aliphatic rings. The van der Waals surface area contributed by atoms with Gasteiger partial charge in [-0.2, -0.15) is 4.31 Å². The highest BCUT2D eigenvalue weighted by Gasteiger charge is 2.37. The van der Waals surface area contributed by atoms with Gasteiger partial charge in [0.2, 0.25) is 0 Å². The van der Waals surface area contributed by atoms with Crippen molar-refractivity contribution in [2.75, 3.05) is 6.54 Å². The predicted octanol–water partition coefficient (Wildman–Crippen LogP) is 6.45. The average molecular weight is 615 g/mol. The third-order valence-corrected chi connectivity index (χ3v) is 11.2. The fraction of sp³-hybridized carbons (Fsp3) is 0.212. The third-order valence-electron chi connectivity index (χ3n) is 7.70. The van der Waals surface area contributed by atoms with Crippen molar-refractivity contribution < 1.29 is 17.6 Å². The maximum atomic E-state index is 13.8. The molecule has 0 spiro atoms. The molecule has 1 amide bonds. The van der Waals surface area contributed by atoms with E-state index in [1.54, 1.807) is 59.2 Å². The Hall–Kier alpha value is -4.12. The molecule has 0 saturated carbocycles. The van der Waals surface area contributed by atoms with Crippen LogP contribution in [0.4, 0.5) is 4.39 Å². The van der Waals surface area contributed by atoms with E-state index in [2.05, 4.69) is 20.9 Å². The summed E-state index contributed by atoms with van der Waals surface area (Å²) in [5, 5.41) is 2.87. The lowest BCUT2D eigenvalue weighted by Crippen LogP contribution is -2.30. The Labute approximate surface area is 254 Å². The van der Waals surface area contributed by atoms with Crippen LogP contribution in [0.5, 0.6) is 0 Å². The predicted molar refractivity (Wildman–Crippen MR) is 166 cm³/mol. The van der Waals surface area contributed by atoms with E-state index < -0.39 is 10.0 Å². The van der Waals surface area contributed by atoms with E-state index in [0.717, 1.165) is 46.5 Å². The van der Waals surface area contributed by atoms with E-state index in [1.807, 2.05) is 30.5 Å². The van der Waals surface area contributed by atoms with Crippen LogP contribution >= 0.6 is 11.3 Å². The molecule has 0 unspecified atom stereocenters. The SMILES string of the molecule is O=C(NCc1ccc(S(=O)(=O)N2CCC[C@H]2c2cccc(-c3cncn3CCc3ccc(F)cc3)c2)s1)c1ccccc1. The molecule has 1 aliphatic heterocycles. The lowest BCUT2D eigenvalue weighted by molar-refractivity contribution is 0.0951. The van der Waals surface area contributed by atoms with E-state index >= 15 is 0 Å². The summed E-state index contributed by atoms with van der Waals surface area (Å²) < 4.78 is 44.9. The van der Waals surface area contributed by atoms with Crippen LogP contribution in [0.1, 0.15) is 45.2 Å². The van der Waals surface area contributed by atoms with Crippen LogP contribution in [0.2, 0.25) is 0 Å². The van der Waals surface area contributed by atoms with Gasteiger partial charge in [0.25, 0.3) is 15.9 Å². The molecule has 0 bridgehead atoms. The molecule has 10 heteroatoms. The number of nitrogens with one attached hydrogen (secondary N) is 1. The van der Waals surface area contributed by atoms with Gasteiger partial charge in [-0.25, -0.2) is 17.8 Å². The van der Waals surface area contributed by atoms with E-state index in [0.29, 0.717) is 18.7 Å². The van der Waals surface area contributed by atoms with Crippen molar-refractivity contribution in [1.29, 1.82) is 0 Å². The maximum Gasteiger partial charge on any atom is 0.253 e. The largest absolute Gasteiger partial charge is 0.347 e. The minimum atomic E-state index is -3.73.